The van der Waals surface area contributed by atoms with Gasteiger partial charge in [0.2, 0.25) is 0 Å². The van der Waals surface area contributed by atoms with Crippen LogP contribution in [0, 0.1) is 5.92 Å². The Hall–Kier alpha value is -1.26. The van der Waals surface area contributed by atoms with Crippen LogP contribution in [0.15, 0.2) is 18.2 Å². The van der Waals surface area contributed by atoms with E-state index in [-0.39, 0.29) is 10.8 Å². The second-order valence-corrected chi connectivity index (χ2v) is 4.30. The number of aliphatic carboxylic acids is 1. The molecule has 0 aliphatic rings. The highest BCUT2D eigenvalue weighted by atomic mass is 35.5. The van der Waals surface area contributed by atoms with Crippen LogP contribution in [-0.2, 0) is 4.79 Å². The molecule has 0 amide bonds. The number of rotatable bonds is 5. The number of hydrogen-bond acceptors (Lipinski definition) is 3. The Balaban J connectivity index is 2.96. The minimum atomic E-state index is -1.12. The lowest BCUT2D eigenvalue weighted by atomic mass is 9.92. The third-order valence-electron chi connectivity index (χ3n) is 2.61. The molecule has 3 N–H and O–H groups in total. The van der Waals surface area contributed by atoms with Crippen LogP contribution in [0.1, 0.15) is 31.4 Å². The number of aromatic hydroxyl groups is 1. The van der Waals surface area contributed by atoms with E-state index in [9.17, 15) is 15.0 Å². The summed E-state index contributed by atoms with van der Waals surface area (Å²) >= 11 is 5.71. The Morgan fingerprint density at radius 2 is 2.12 bits per heavy atom. The van der Waals surface area contributed by atoms with E-state index < -0.39 is 18.0 Å². The molecule has 0 saturated heterocycles. The summed E-state index contributed by atoms with van der Waals surface area (Å²) in [6.07, 6.45) is -0.0694. The lowest BCUT2D eigenvalue weighted by Crippen LogP contribution is -2.21. The molecule has 0 radical (unpaired) electrons. The van der Waals surface area contributed by atoms with Crippen molar-refractivity contribution in [3.05, 3.63) is 28.8 Å². The van der Waals surface area contributed by atoms with Crippen LogP contribution in [0.25, 0.3) is 0 Å². The predicted molar refractivity (Wildman–Crippen MR) is 64.1 cm³/mol. The fourth-order valence-corrected chi connectivity index (χ4v) is 1.86. The van der Waals surface area contributed by atoms with E-state index in [4.69, 9.17) is 16.7 Å². The van der Waals surface area contributed by atoms with Crippen LogP contribution in [-0.4, -0.2) is 21.3 Å². The fourth-order valence-electron chi connectivity index (χ4n) is 1.67. The maximum absolute atomic E-state index is 11.0. The molecule has 0 aliphatic heterocycles. The van der Waals surface area contributed by atoms with Crippen molar-refractivity contribution in [1.82, 2.24) is 0 Å². The number of halogens is 1. The molecular weight excluding hydrogens is 244 g/mol. The topological polar surface area (TPSA) is 77.8 Å². The summed E-state index contributed by atoms with van der Waals surface area (Å²) < 4.78 is 0. The highest BCUT2D eigenvalue weighted by molar-refractivity contribution is 6.32. The van der Waals surface area contributed by atoms with E-state index >= 15 is 0 Å². The van der Waals surface area contributed by atoms with Gasteiger partial charge in [-0.1, -0.05) is 31.0 Å². The summed E-state index contributed by atoms with van der Waals surface area (Å²) in [4.78, 5) is 11.0. The SMILES string of the molecule is CCCC(C(=O)O)C(O)c1ccc(O)c(Cl)c1. The minimum Gasteiger partial charge on any atom is -0.506 e. The lowest BCUT2D eigenvalue weighted by molar-refractivity contribution is -0.146. The van der Waals surface area contributed by atoms with E-state index in [1.807, 2.05) is 6.92 Å². The van der Waals surface area contributed by atoms with Crippen LogP contribution in [0.3, 0.4) is 0 Å². The molecule has 5 heteroatoms. The van der Waals surface area contributed by atoms with Crippen molar-refractivity contribution in [2.24, 2.45) is 5.92 Å². The molecule has 2 unspecified atom stereocenters. The van der Waals surface area contributed by atoms with E-state index in [1.54, 1.807) is 0 Å². The van der Waals surface area contributed by atoms with Crippen LogP contribution < -0.4 is 0 Å². The Morgan fingerprint density at radius 1 is 1.47 bits per heavy atom. The van der Waals surface area contributed by atoms with Gasteiger partial charge in [-0.25, -0.2) is 0 Å². The lowest BCUT2D eigenvalue weighted by Gasteiger charge is -2.19. The first-order chi connectivity index (χ1) is 7.97. The van der Waals surface area contributed by atoms with Gasteiger partial charge in [-0.15, -0.1) is 0 Å². The first-order valence-electron chi connectivity index (χ1n) is 5.36. The Kier molecular flexibility index (Phi) is 4.78. The zero-order chi connectivity index (χ0) is 13.0. The van der Waals surface area contributed by atoms with Gasteiger partial charge < -0.3 is 15.3 Å². The number of carbonyl (C=O) groups is 1. The van der Waals surface area contributed by atoms with Gasteiger partial charge in [-0.05, 0) is 24.1 Å². The molecule has 1 rings (SSSR count). The van der Waals surface area contributed by atoms with Crippen molar-refractivity contribution in [2.45, 2.75) is 25.9 Å². The Labute approximate surface area is 104 Å². The normalized spacial score (nSPS) is 14.3. The number of aliphatic hydroxyl groups is 1. The van der Waals surface area contributed by atoms with Crippen molar-refractivity contribution in [3.8, 4) is 5.75 Å². The summed E-state index contributed by atoms with van der Waals surface area (Å²) in [5.74, 6) is -1.99. The molecule has 1 aromatic rings. The largest absolute Gasteiger partial charge is 0.506 e. The molecule has 0 aromatic heterocycles. The number of carboxylic acids is 1. The summed E-state index contributed by atoms with van der Waals surface area (Å²) in [7, 11) is 0. The Bertz CT molecular complexity index is 405. The van der Waals surface area contributed by atoms with Crippen LogP contribution in [0.4, 0.5) is 0 Å². The first-order valence-corrected chi connectivity index (χ1v) is 5.74. The summed E-state index contributed by atoms with van der Waals surface area (Å²) in [5, 5.41) is 28.3. The average Bonchev–Trinajstić information content (AvgIpc) is 2.28. The van der Waals surface area contributed by atoms with Crippen molar-refractivity contribution in [2.75, 3.05) is 0 Å². The third-order valence-corrected chi connectivity index (χ3v) is 2.91. The molecule has 0 bridgehead atoms. The number of benzene rings is 1. The van der Waals surface area contributed by atoms with E-state index in [0.29, 0.717) is 18.4 Å². The van der Waals surface area contributed by atoms with Gasteiger partial charge in [0.25, 0.3) is 0 Å². The highest BCUT2D eigenvalue weighted by Gasteiger charge is 2.27. The van der Waals surface area contributed by atoms with Crippen molar-refractivity contribution >= 4 is 17.6 Å². The predicted octanol–water partition coefficient (Wildman–Crippen LogP) is 2.58. The van der Waals surface area contributed by atoms with Crippen molar-refractivity contribution < 1.29 is 20.1 Å². The van der Waals surface area contributed by atoms with Crippen molar-refractivity contribution in [3.63, 3.8) is 0 Å². The molecular formula is C12H15ClO4. The monoisotopic (exact) mass is 258 g/mol. The smallest absolute Gasteiger partial charge is 0.309 e. The molecule has 1 aromatic carbocycles. The van der Waals surface area contributed by atoms with E-state index in [2.05, 4.69) is 0 Å². The minimum absolute atomic E-state index is 0.0926. The molecule has 0 aliphatic carbocycles. The standard InChI is InChI=1S/C12H15ClO4/c1-2-3-8(12(16)17)11(15)7-4-5-10(14)9(13)6-7/h4-6,8,11,14-15H,2-3H2,1H3,(H,16,17). The molecule has 0 heterocycles. The van der Waals surface area contributed by atoms with Crippen LogP contribution in [0.5, 0.6) is 5.75 Å². The number of phenols is 1. The summed E-state index contributed by atoms with van der Waals surface area (Å²) in [6, 6.07) is 4.19. The van der Waals surface area contributed by atoms with Gasteiger partial charge in [-0.3, -0.25) is 4.79 Å². The van der Waals surface area contributed by atoms with Crippen LogP contribution in [0.2, 0.25) is 5.02 Å². The number of phenolic OH excluding ortho intramolecular Hbond substituents is 1. The molecule has 0 spiro atoms. The van der Waals surface area contributed by atoms with Gasteiger partial charge in [0, 0.05) is 0 Å². The maximum atomic E-state index is 11.0. The molecule has 0 saturated carbocycles. The Morgan fingerprint density at radius 3 is 2.59 bits per heavy atom. The van der Waals surface area contributed by atoms with Crippen molar-refractivity contribution in [1.29, 1.82) is 0 Å². The van der Waals surface area contributed by atoms with Gasteiger partial charge in [0.1, 0.15) is 5.75 Å². The number of carboxylic acid groups (broad SMARTS) is 1. The van der Waals surface area contributed by atoms with Gasteiger partial charge in [0.15, 0.2) is 0 Å². The van der Waals surface area contributed by atoms with Gasteiger partial charge in [-0.2, -0.15) is 0 Å². The van der Waals surface area contributed by atoms with E-state index in [0.717, 1.165) is 0 Å². The van der Waals surface area contributed by atoms with Crippen LogP contribution >= 0.6 is 11.6 Å². The first kappa shape index (κ1) is 13.8. The molecule has 0 fully saturated rings. The maximum Gasteiger partial charge on any atom is 0.309 e. The third kappa shape index (κ3) is 3.35. The molecule has 17 heavy (non-hydrogen) atoms. The van der Waals surface area contributed by atoms with Gasteiger partial charge in [0.05, 0.1) is 17.0 Å². The summed E-state index contributed by atoms with van der Waals surface area (Å²) in [6.45, 7) is 1.85. The second kappa shape index (κ2) is 5.89. The highest BCUT2D eigenvalue weighted by Crippen LogP contribution is 2.31. The zero-order valence-corrected chi connectivity index (χ0v) is 10.2. The average molecular weight is 259 g/mol. The fraction of sp³-hybridized carbons (Fsp3) is 0.417. The molecule has 2 atom stereocenters. The number of hydrogen-bond donors (Lipinski definition) is 3. The molecule has 4 nitrogen and oxygen atoms in total. The molecule has 94 valence electrons. The van der Waals surface area contributed by atoms with Gasteiger partial charge >= 0.3 is 5.97 Å². The van der Waals surface area contributed by atoms with E-state index in [1.165, 1.54) is 18.2 Å². The quantitative estimate of drug-likeness (QED) is 0.759. The second-order valence-electron chi connectivity index (χ2n) is 3.89. The zero-order valence-electron chi connectivity index (χ0n) is 9.43. The number of aliphatic hydroxyl groups excluding tert-OH is 1. The summed E-state index contributed by atoms with van der Waals surface area (Å²) in [5.41, 5.74) is 0.397.